The third kappa shape index (κ3) is 1.77. The molecule has 5 heteroatoms. The number of carboxylic acid groups (broad SMARTS) is 1. The van der Waals surface area contributed by atoms with Gasteiger partial charge < -0.3 is 5.11 Å². The van der Waals surface area contributed by atoms with Gasteiger partial charge in [-0.05, 0) is 24.7 Å². The quantitative estimate of drug-likeness (QED) is 0.809. The number of thioether (sulfide) groups is 1. The first-order valence-corrected chi connectivity index (χ1v) is 5.79. The van der Waals surface area contributed by atoms with E-state index in [1.807, 2.05) is 11.8 Å². The SMILES string of the molecule is O=C(O)c1ccnn1C1CCCSC1. The van der Waals surface area contributed by atoms with E-state index in [2.05, 4.69) is 5.10 Å². The molecule has 14 heavy (non-hydrogen) atoms. The van der Waals surface area contributed by atoms with Crippen molar-refractivity contribution in [3.8, 4) is 0 Å². The summed E-state index contributed by atoms with van der Waals surface area (Å²) in [6.07, 6.45) is 3.74. The van der Waals surface area contributed by atoms with Crippen molar-refractivity contribution in [2.45, 2.75) is 18.9 Å². The zero-order valence-electron chi connectivity index (χ0n) is 7.72. The molecular formula is C9H12N2O2S. The topological polar surface area (TPSA) is 55.1 Å². The van der Waals surface area contributed by atoms with E-state index in [0.29, 0.717) is 5.69 Å². The van der Waals surface area contributed by atoms with Crippen LogP contribution in [-0.4, -0.2) is 32.4 Å². The van der Waals surface area contributed by atoms with E-state index >= 15 is 0 Å². The summed E-state index contributed by atoms with van der Waals surface area (Å²) in [5.41, 5.74) is 0.303. The van der Waals surface area contributed by atoms with Gasteiger partial charge in [-0.2, -0.15) is 16.9 Å². The zero-order chi connectivity index (χ0) is 9.97. The number of rotatable bonds is 2. The van der Waals surface area contributed by atoms with Crippen LogP contribution in [0.15, 0.2) is 12.3 Å². The molecule has 0 aromatic carbocycles. The minimum atomic E-state index is -0.891. The standard InChI is InChI=1S/C9H12N2O2S/c12-9(13)8-3-4-10-11(8)7-2-1-5-14-6-7/h3-4,7H,1-2,5-6H2,(H,12,13). The predicted octanol–water partition coefficient (Wildman–Crippen LogP) is 1.65. The molecule has 1 unspecified atom stereocenters. The van der Waals surface area contributed by atoms with E-state index in [9.17, 15) is 4.79 Å². The molecule has 76 valence electrons. The predicted molar refractivity (Wildman–Crippen MR) is 54.8 cm³/mol. The smallest absolute Gasteiger partial charge is 0.354 e. The molecule has 0 radical (unpaired) electrons. The molecule has 2 heterocycles. The first kappa shape index (κ1) is 9.58. The van der Waals surface area contributed by atoms with Crippen molar-refractivity contribution in [3.63, 3.8) is 0 Å². The van der Waals surface area contributed by atoms with Crippen LogP contribution in [0.2, 0.25) is 0 Å². The highest BCUT2D eigenvalue weighted by Crippen LogP contribution is 2.27. The van der Waals surface area contributed by atoms with Gasteiger partial charge in [-0.25, -0.2) is 4.79 Å². The lowest BCUT2D eigenvalue weighted by Crippen LogP contribution is -2.21. The normalized spacial score (nSPS) is 22.1. The van der Waals surface area contributed by atoms with Gasteiger partial charge in [-0.3, -0.25) is 4.68 Å². The summed E-state index contributed by atoms with van der Waals surface area (Å²) in [5, 5.41) is 13.0. The highest BCUT2D eigenvalue weighted by Gasteiger charge is 2.20. The van der Waals surface area contributed by atoms with E-state index in [0.717, 1.165) is 18.6 Å². The Bertz CT molecular complexity index is 331. The molecule has 0 spiro atoms. The van der Waals surface area contributed by atoms with Crippen LogP contribution < -0.4 is 0 Å². The van der Waals surface area contributed by atoms with Gasteiger partial charge in [0.2, 0.25) is 0 Å². The van der Waals surface area contributed by atoms with Gasteiger partial charge in [0, 0.05) is 11.9 Å². The Morgan fingerprint density at radius 1 is 1.71 bits per heavy atom. The van der Waals surface area contributed by atoms with Crippen LogP contribution in [0, 0.1) is 0 Å². The fraction of sp³-hybridized carbons (Fsp3) is 0.556. The summed E-state index contributed by atoms with van der Waals surface area (Å²) in [7, 11) is 0. The van der Waals surface area contributed by atoms with Crippen LogP contribution in [-0.2, 0) is 0 Å². The van der Waals surface area contributed by atoms with Gasteiger partial charge in [0.25, 0.3) is 0 Å². The molecule has 0 aliphatic carbocycles. The van der Waals surface area contributed by atoms with Gasteiger partial charge in [0.1, 0.15) is 5.69 Å². The molecular weight excluding hydrogens is 200 g/mol. The maximum absolute atomic E-state index is 10.9. The lowest BCUT2D eigenvalue weighted by Gasteiger charge is -2.22. The van der Waals surface area contributed by atoms with Gasteiger partial charge in [0.05, 0.1) is 6.04 Å². The molecule has 0 amide bonds. The third-order valence-electron chi connectivity index (χ3n) is 2.37. The van der Waals surface area contributed by atoms with Crippen molar-refractivity contribution >= 4 is 17.7 Å². The van der Waals surface area contributed by atoms with Crippen molar-refractivity contribution in [1.82, 2.24) is 9.78 Å². The molecule has 1 atom stereocenters. The van der Waals surface area contributed by atoms with Crippen LogP contribution >= 0.6 is 11.8 Å². The molecule has 0 bridgehead atoms. The van der Waals surface area contributed by atoms with Crippen LogP contribution in [0.3, 0.4) is 0 Å². The lowest BCUT2D eigenvalue weighted by atomic mass is 10.2. The second-order valence-corrected chi connectivity index (χ2v) is 4.49. The highest BCUT2D eigenvalue weighted by molar-refractivity contribution is 7.99. The molecule has 1 fully saturated rings. The summed E-state index contributed by atoms with van der Waals surface area (Å²) >= 11 is 1.87. The number of carboxylic acids is 1. The molecule has 0 saturated carbocycles. The van der Waals surface area contributed by atoms with Crippen LogP contribution in [0.25, 0.3) is 0 Å². The Balaban J connectivity index is 2.21. The van der Waals surface area contributed by atoms with E-state index in [4.69, 9.17) is 5.11 Å². The monoisotopic (exact) mass is 212 g/mol. The Labute approximate surface area is 86.3 Å². The average molecular weight is 212 g/mol. The molecule has 1 aliphatic heterocycles. The first-order chi connectivity index (χ1) is 6.79. The Morgan fingerprint density at radius 2 is 2.57 bits per heavy atom. The van der Waals surface area contributed by atoms with E-state index in [1.165, 1.54) is 5.75 Å². The fourth-order valence-electron chi connectivity index (χ4n) is 1.69. The summed E-state index contributed by atoms with van der Waals surface area (Å²) in [6, 6.07) is 1.82. The maximum atomic E-state index is 10.9. The van der Waals surface area contributed by atoms with Gasteiger partial charge in [0.15, 0.2) is 0 Å². The molecule has 1 aromatic heterocycles. The number of aromatic carboxylic acids is 1. The van der Waals surface area contributed by atoms with Gasteiger partial charge in [-0.15, -0.1) is 0 Å². The second kappa shape index (κ2) is 4.04. The van der Waals surface area contributed by atoms with Crippen molar-refractivity contribution in [3.05, 3.63) is 18.0 Å². The van der Waals surface area contributed by atoms with Gasteiger partial charge >= 0.3 is 5.97 Å². The Morgan fingerprint density at radius 3 is 3.21 bits per heavy atom. The van der Waals surface area contributed by atoms with Gasteiger partial charge in [-0.1, -0.05) is 0 Å². The minimum Gasteiger partial charge on any atom is -0.477 e. The van der Waals surface area contributed by atoms with Crippen LogP contribution in [0.1, 0.15) is 29.4 Å². The Kier molecular flexibility index (Phi) is 2.77. The van der Waals surface area contributed by atoms with E-state index < -0.39 is 5.97 Å². The number of nitrogens with zero attached hydrogens (tertiary/aromatic N) is 2. The van der Waals surface area contributed by atoms with Crippen LogP contribution in [0.4, 0.5) is 0 Å². The maximum Gasteiger partial charge on any atom is 0.354 e. The summed E-state index contributed by atoms with van der Waals surface area (Å²) in [6.45, 7) is 0. The number of hydrogen-bond donors (Lipinski definition) is 1. The molecule has 4 nitrogen and oxygen atoms in total. The summed E-state index contributed by atoms with van der Waals surface area (Å²) < 4.78 is 1.65. The fourth-order valence-corrected chi connectivity index (χ4v) is 2.81. The van der Waals surface area contributed by atoms with Crippen molar-refractivity contribution < 1.29 is 9.90 Å². The number of aromatic nitrogens is 2. The second-order valence-electron chi connectivity index (χ2n) is 3.34. The summed E-state index contributed by atoms with van der Waals surface area (Å²) in [5.74, 6) is 1.26. The molecule has 1 aromatic rings. The lowest BCUT2D eigenvalue weighted by molar-refractivity contribution is 0.0680. The van der Waals surface area contributed by atoms with Crippen LogP contribution in [0.5, 0.6) is 0 Å². The third-order valence-corrected chi connectivity index (χ3v) is 3.57. The minimum absolute atomic E-state index is 0.259. The molecule has 1 saturated heterocycles. The average Bonchev–Trinajstić information content (AvgIpc) is 2.67. The number of carbonyl (C=O) groups is 1. The molecule has 1 N–H and O–H groups in total. The van der Waals surface area contributed by atoms with Crippen molar-refractivity contribution in [2.75, 3.05) is 11.5 Å². The van der Waals surface area contributed by atoms with Crippen molar-refractivity contribution in [2.24, 2.45) is 0 Å². The number of hydrogen-bond acceptors (Lipinski definition) is 3. The van der Waals surface area contributed by atoms with Crippen molar-refractivity contribution in [1.29, 1.82) is 0 Å². The summed E-state index contributed by atoms with van der Waals surface area (Å²) in [4.78, 5) is 10.9. The molecule has 1 aliphatic rings. The largest absolute Gasteiger partial charge is 0.477 e. The van der Waals surface area contributed by atoms with E-state index in [-0.39, 0.29) is 6.04 Å². The first-order valence-electron chi connectivity index (χ1n) is 4.63. The Hall–Kier alpha value is -0.970. The van der Waals surface area contributed by atoms with E-state index in [1.54, 1.807) is 16.9 Å². The highest BCUT2D eigenvalue weighted by atomic mass is 32.2. The molecule has 2 rings (SSSR count). The zero-order valence-corrected chi connectivity index (χ0v) is 8.54.